The summed E-state index contributed by atoms with van der Waals surface area (Å²) in [6.45, 7) is 0. The Bertz CT molecular complexity index is 630. The van der Waals surface area contributed by atoms with Crippen LogP contribution in [0.5, 0.6) is 5.75 Å². The molecular weight excluding hydrogens is 298 g/mol. The molecule has 0 spiro atoms. The van der Waals surface area contributed by atoms with E-state index in [0.29, 0.717) is 10.6 Å². The molecule has 4 aliphatic rings. The van der Waals surface area contributed by atoms with E-state index in [1.54, 1.807) is 31.4 Å². The Morgan fingerprint density at radius 3 is 1.95 bits per heavy atom. The molecule has 0 amide bonds. The lowest BCUT2D eigenvalue weighted by Crippen LogP contribution is -2.59. The van der Waals surface area contributed by atoms with Gasteiger partial charge in [0.05, 0.1) is 12.0 Å². The van der Waals surface area contributed by atoms with Gasteiger partial charge in [0.15, 0.2) is 0 Å². The van der Waals surface area contributed by atoms with E-state index in [0.717, 1.165) is 37.0 Å². The lowest BCUT2D eigenvalue weighted by molar-refractivity contribution is -0.00810. The number of hydrogen-bond donors (Lipinski definition) is 1. The van der Waals surface area contributed by atoms with E-state index in [-0.39, 0.29) is 5.54 Å². The topological polar surface area (TPSA) is 55.4 Å². The van der Waals surface area contributed by atoms with Crippen LogP contribution in [-0.4, -0.2) is 21.1 Å². The lowest BCUT2D eigenvalue weighted by atomic mass is 9.53. The monoisotopic (exact) mass is 321 g/mol. The zero-order valence-electron chi connectivity index (χ0n) is 12.9. The zero-order chi connectivity index (χ0) is 15.4. The summed E-state index contributed by atoms with van der Waals surface area (Å²) in [5.41, 5.74) is -0.187. The molecule has 1 aromatic carbocycles. The average Bonchev–Trinajstić information content (AvgIpc) is 2.44. The summed E-state index contributed by atoms with van der Waals surface area (Å²) in [5.74, 6) is 2.85. The Balaban J connectivity index is 1.59. The second-order valence-electron chi connectivity index (χ2n) is 7.48. The fraction of sp³-hybridized carbons (Fsp3) is 0.647. The van der Waals surface area contributed by atoms with Gasteiger partial charge in [-0.25, -0.2) is 13.1 Å². The molecule has 0 aromatic heterocycles. The summed E-state index contributed by atoms with van der Waals surface area (Å²) in [6, 6.07) is 6.66. The number of benzene rings is 1. The molecule has 0 saturated heterocycles. The summed E-state index contributed by atoms with van der Waals surface area (Å²) in [4.78, 5) is 0.337. The first-order chi connectivity index (χ1) is 10.5. The first-order valence-corrected chi connectivity index (χ1v) is 9.64. The van der Waals surface area contributed by atoms with Gasteiger partial charge in [0.2, 0.25) is 10.0 Å². The third-order valence-electron chi connectivity index (χ3n) is 5.76. The fourth-order valence-corrected chi connectivity index (χ4v) is 6.77. The van der Waals surface area contributed by atoms with Crippen molar-refractivity contribution in [2.24, 2.45) is 17.8 Å². The maximum absolute atomic E-state index is 12.8. The molecule has 5 rings (SSSR count). The third-order valence-corrected chi connectivity index (χ3v) is 7.35. The smallest absolute Gasteiger partial charge is 0.241 e. The highest BCUT2D eigenvalue weighted by Gasteiger charge is 2.52. The van der Waals surface area contributed by atoms with Crippen molar-refractivity contribution >= 4 is 10.0 Å². The van der Waals surface area contributed by atoms with Crippen molar-refractivity contribution in [1.82, 2.24) is 4.72 Å². The van der Waals surface area contributed by atoms with E-state index < -0.39 is 10.0 Å². The van der Waals surface area contributed by atoms with Gasteiger partial charge in [0.25, 0.3) is 0 Å². The molecule has 22 heavy (non-hydrogen) atoms. The molecular formula is C17H23NO3S. The number of methoxy groups -OCH3 is 1. The average molecular weight is 321 g/mol. The Kier molecular flexibility index (Phi) is 3.28. The van der Waals surface area contributed by atoms with Gasteiger partial charge in [-0.15, -0.1) is 0 Å². The Morgan fingerprint density at radius 2 is 1.50 bits per heavy atom. The SMILES string of the molecule is COc1ccc(S(=O)(=O)NC23CC4CC(CC(C4)C2)C3)cc1. The molecule has 0 heterocycles. The molecule has 0 radical (unpaired) electrons. The van der Waals surface area contributed by atoms with Gasteiger partial charge in [-0.05, 0) is 80.5 Å². The highest BCUT2D eigenvalue weighted by Crippen LogP contribution is 2.55. The van der Waals surface area contributed by atoms with Crippen LogP contribution in [0.3, 0.4) is 0 Å². The number of hydrogen-bond acceptors (Lipinski definition) is 3. The molecule has 4 fully saturated rings. The number of sulfonamides is 1. The first kappa shape index (κ1) is 14.5. The Hall–Kier alpha value is -1.07. The van der Waals surface area contributed by atoms with Crippen LogP contribution in [0.25, 0.3) is 0 Å². The number of ether oxygens (including phenoxy) is 1. The zero-order valence-corrected chi connectivity index (χ0v) is 13.7. The molecule has 1 aromatic rings. The van der Waals surface area contributed by atoms with Crippen molar-refractivity contribution in [2.75, 3.05) is 7.11 Å². The summed E-state index contributed by atoms with van der Waals surface area (Å²) in [7, 11) is -1.87. The maximum Gasteiger partial charge on any atom is 0.241 e. The van der Waals surface area contributed by atoms with Gasteiger partial charge in [-0.3, -0.25) is 0 Å². The molecule has 4 bridgehead atoms. The minimum absolute atomic E-state index is 0.187. The van der Waals surface area contributed by atoms with Crippen molar-refractivity contribution < 1.29 is 13.2 Å². The lowest BCUT2D eigenvalue weighted by Gasteiger charge is -2.56. The van der Waals surface area contributed by atoms with Crippen molar-refractivity contribution in [1.29, 1.82) is 0 Å². The first-order valence-electron chi connectivity index (χ1n) is 8.16. The summed E-state index contributed by atoms with van der Waals surface area (Å²) in [5, 5.41) is 0. The molecule has 0 atom stereocenters. The Morgan fingerprint density at radius 1 is 1.00 bits per heavy atom. The molecule has 0 aliphatic heterocycles. The van der Waals surface area contributed by atoms with E-state index >= 15 is 0 Å². The minimum Gasteiger partial charge on any atom is -0.497 e. The molecule has 0 unspecified atom stereocenters. The van der Waals surface area contributed by atoms with E-state index in [1.807, 2.05) is 0 Å². The molecule has 120 valence electrons. The van der Waals surface area contributed by atoms with E-state index in [1.165, 1.54) is 19.3 Å². The molecule has 5 heteroatoms. The summed E-state index contributed by atoms with van der Waals surface area (Å²) < 4.78 is 33.7. The normalized spacial score (nSPS) is 36.5. The van der Waals surface area contributed by atoms with Crippen molar-refractivity contribution in [3.8, 4) is 5.75 Å². The summed E-state index contributed by atoms with van der Waals surface area (Å²) in [6.07, 6.45) is 6.99. The van der Waals surface area contributed by atoms with Gasteiger partial charge >= 0.3 is 0 Å². The van der Waals surface area contributed by atoms with Crippen molar-refractivity contribution in [2.45, 2.75) is 49.0 Å². The van der Waals surface area contributed by atoms with Gasteiger partial charge < -0.3 is 4.74 Å². The fourth-order valence-electron chi connectivity index (χ4n) is 5.33. The molecule has 4 aliphatic carbocycles. The van der Waals surface area contributed by atoms with Crippen molar-refractivity contribution in [3.05, 3.63) is 24.3 Å². The third kappa shape index (κ3) is 2.44. The number of nitrogens with one attached hydrogen (secondary N) is 1. The van der Waals surface area contributed by atoms with Crippen LogP contribution >= 0.6 is 0 Å². The highest BCUT2D eigenvalue weighted by molar-refractivity contribution is 7.89. The second kappa shape index (κ2) is 4.96. The van der Waals surface area contributed by atoms with Gasteiger partial charge in [-0.2, -0.15) is 0 Å². The molecule has 4 nitrogen and oxygen atoms in total. The largest absolute Gasteiger partial charge is 0.497 e. The van der Waals surface area contributed by atoms with Crippen LogP contribution in [-0.2, 0) is 10.0 Å². The van der Waals surface area contributed by atoms with Crippen LogP contribution in [0.15, 0.2) is 29.2 Å². The minimum atomic E-state index is -3.45. The standard InChI is InChI=1S/C17H23NO3S/c1-21-15-2-4-16(5-3-15)22(19,20)18-17-9-12-6-13(10-17)8-14(7-12)11-17/h2-5,12-14,18H,6-11H2,1H3. The highest BCUT2D eigenvalue weighted by atomic mass is 32.2. The van der Waals surface area contributed by atoms with E-state index in [4.69, 9.17) is 4.74 Å². The van der Waals surface area contributed by atoms with Gasteiger partial charge in [0.1, 0.15) is 5.75 Å². The predicted molar refractivity (Wildman–Crippen MR) is 84.2 cm³/mol. The van der Waals surface area contributed by atoms with E-state index in [9.17, 15) is 8.42 Å². The van der Waals surface area contributed by atoms with Crippen LogP contribution in [0.2, 0.25) is 0 Å². The van der Waals surface area contributed by atoms with Crippen LogP contribution in [0, 0.1) is 17.8 Å². The van der Waals surface area contributed by atoms with Gasteiger partial charge in [-0.1, -0.05) is 0 Å². The molecule has 1 N–H and O–H groups in total. The van der Waals surface area contributed by atoms with Crippen molar-refractivity contribution in [3.63, 3.8) is 0 Å². The van der Waals surface area contributed by atoms with Crippen LogP contribution in [0.1, 0.15) is 38.5 Å². The second-order valence-corrected chi connectivity index (χ2v) is 9.16. The predicted octanol–water partition coefficient (Wildman–Crippen LogP) is 2.94. The summed E-state index contributed by atoms with van der Waals surface area (Å²) >= 11 is 0. The maximum atomic E-state index is 12.8. The quantitative estimate of drug-likeness (QED) is 0.927. The van der Waals surface area contributed by atoms with Crippen LogP contribution in [0.4, 0.5) is 0 Å². The Labute approximate surface area is 132 Å². The number of rotatable bonds is 4. The van der Waals surface area contributed by atoms with E-state index in [2.05, 4.69) is 4.72 Å². The molecule has 4 saturated carbocycles. The van der Waals surface area contributed by atoms with Gasteiger partial charge in [0, 0.05) is 5.54 Å². The van der Waals surface area contributed by atoms with Crippen LogP contribution < -0.4 is 9.46 Å².